The lowest BCUT2D eigenvalue weighted by Crippen LogP contribution is -2.12. The van der Waals surface area contributed by atoms with E-state index in [0.29, 0.717) is 11.3 Å². The summed E-state index contributed by atoms with van der Waals surface area (Å²) in [5.74, 6) is 0.407. The van der Waals surface area contributed by atoms with Crippen molar-refractivity contribution in [2.75, 3.05) is 19.1 Å². The molecule has 1 N–H and O–H groups in total. The summed E-state index contributed by atoms with van der Waals surface area (Å²) in [5, 5.41) is 9.60. The zero-order valence-corrected chi connectivity index (χ0v) is 9.49. The second kappa shape index (κ2) is 4.63. The van der Waals surface area contributed by atoms with E-state index in [9.17, 15) is 13.5 Å². The fourth-order valence-corrected chi connectivity index (χ4v) is 1.98. The van der Waals surface area contributed by atoms with Gasteiger partial charge < -0.3 is 9.84 Å². The van der Waals surface area contributed by atoms with Gasteiger partial charge in [-0.2, -0.15) is 0 Å². The van der Waals surface area contributed by atoms with Crippen LogP contribution in [-0.2, 0) is 9.84 Å². The Balaban J connectivity index is 2.78. The Bertz CT molecular complexity index is 408. The topological polar surface area (TPSA) is 63.6 Å². The molecule has 0 spiro atoms. The molecule has 4 nitrogen and oxygen atoms in total. The minimum atomic E-state index is -3.17. The Morgan fingerprint density at radius 1 is 1.33 bits per heavy atom. The molecule has 0 fully saturated rings. The van der Waals surface area contributed by atoms with E-state index in [-0.39, 0.29) is 5.75 Å². The fraction of sp³-hybridized carbons (Fsp3) is 0.400. The molecule has 0 aromatic heterocycles. The lowest BCUT2D eigenvalue weighted by atomic mass is 10.1. The van der Waals surface area contributed by atoms with Crippen LogP contribution in [0.2, 0.25) is 0 Å². The van der Waals surface area contributed by atoms with Crippen LogP contribution in [0.3, 0.4) is 0 Å². The van der Waals surface area contributed by atoms with Gasteiger partial charge in [-0.05, 0) is 17.7 Å². The fourth-order valence-electron chi connectivity index (χ4n) is 1.21. The summed E-state index contributed by atoms with van der Waals surface area (Å²) >= 11 is 0. The maximum absolute atomic E-state index is 11.0. The minimum absolute atomic E-state index is 0.265. The summed E-state index contributed by atoms with van der Waals surface area (Å²) in [6.45, 7) is 0. The first-order chi connectivity index (χ1) is 6.92. The van der Waals surface area contributed by atoms with Crippen molar-refractivity contribution in [3.8, 4) is 5.75 Å². The van der Waals surface area contributed by atoms with E-state index < -0.39 is 15.9 Å². The molecule has 1 rings (SSSR count). The maximum Gasteiger partial charge on any atom is 0.150 e. The van der Waals surface area contributed by atoms with Crippen molar-refractivity contribution in [2.45, 2.75) is 6.10 Å². The number of aliphatic hydroxyl groups is 1. The second-order valence-corrected chi connectivity index (χ2v) is 5.57. The largest absolute Gasteiger partial charge is 0.497 e. The van der Waals surface area contributed by atoms with Gasteiger partial charge in [0, 0.05) is 6.26 Å². The third-order valence-electron chi connectivity index (χ3n) is 1.96. The number of hydrogen-bond donors (Lipinski definition) is 1. The minimum Gasteiger partial charge on any atom is -0.497 e. The molecule has 0 amide bonds. The molecule has 1 atom stereocenters. The van der Waals surface area contributed by atoms with Crippen LogP contribution >= 0.6 is 0 Å². The van der Waals surface area contributed by atoms with E-state index in [4.69, 9.17) is 4.74 Å². The molecule has 0 heterocycles. The van der Waals surface area contributed by atoms with Crippen LogP contribution in [0.4, 0.5) is 0 Å². The quantitative estimate of drug-likeness (QED) is 0.830. The van der Waals surface area contributed by atoms with E-state index in [2.05, 4.69) is 0 Å². The van der Waals surface area contributed by atoms with Crippen molar-refractivity contribution >= 4 is 9.84 Å². The molecular weight excluding hydrogens is 216 g/mol. The van der Waals surface area contributed by atoms with E-state index in [0.717, 1.165) is 6.26 Å². The highest BCUT2D eigenvalue weighted by Crippen LogP contribution is 2.18. The van der Waals surface area contributed by atoms with Gasteiger partial charge in [-0.15, -0.1) is 0 Å². The van der Waals surface area contributed by atoms with Crippen molar-refractivity contribution in [3.05, 3.63) is 29.8 Å². The SMILES string of the molecule is COc1ccc([C@@H](O)CS(C)(=O)=O)cc1. The highest BCUT2D eigenvalue weighted by atomic mass is 32.2. The number of methoxy groups -OCH3 is 1. The molecule has 0 unspecified atom stereocenters. The number of benzene rings is 1. The molecule has 0 bridgehead atoms. The van der Waals surface area contributed by atoms with E-state index in [1.54, 1.807) is 31.4 Å². The Morgan fingerprint density at radius 2 is 1.87 bits per heavy atom. The maximum atomic E-state index is 11.0. The number of aliphatic hydroxyl groups excluding tert-OH is 1. The summed E-state index contributed by atoms with van der Waals surface area (Å²) in [6, 6.07) is 6.66. The van der Waals surface area contributed by atoms with Crippen LogP contribution in [-0.4, -0.2) is 32.6 Å². The van der Waals surface area contributed by atoms with Crippen LogP contribution in [0, 0.1) is 0 Å². The molecule has 0 radical (unpaired) electrons. The van der Waals surface area contributed by atoms with Crippen LogP contribution < -0.4 is 4.74 Å². The Kier molecular flexibility index (Phi) is 3.71. The van der Waals surface area contributed by atoms with Gasteiger partial charge in [0.05, 0.1) is 19.0 Å². The molecule has 0 saturated carbocycles. The van der Waals surface area contributed by atoms with Crippen molar-refractivity contribution < 1.29 is 18.3 Å². The molecule has 0 aliphatic carbocycles. The average molecular weight is 230 g/mol. The molecular formula is C10H14O4S. The average Bonchev–Trinajstić information content (AvgIpc) is 2.15. The summed E-state index contributed by atoms with van der Waals surface area (Å²) in [7, 11) is -1.62. The smallest absolute Gasteiger partial charge is 0.150 e. The molecule has 1 aromatic carbocycles. The van der Waals surface area contributed by atoms with Crippen LogP contribution in [0.5, 0.6) is 5.75 Å². The van der Waals surface area contributed by atoms with Crippen molar-refractivity contribution in [1.29, 1.82) is 0 Å². The number of ether oxygens (including phenoxy) is 1. The normalized spacial score (nSPS) is 13.5. The first kappa shape index (κ1) is 12.0. The van der Waals surface area contributed by atoms with Crippen molar-refractivity contribution in [1.82, 2.24) is 0 Å². The van der Waals surface area contributed by atoms with Gasteiger partial charge in [0.15, 0.2) is 0 Å². The summed E-state index contributed by atoms with van der Waals surface area (Å²) in [5.41, 5.74) is 0.571. The van der Waals surface area contributed by atoms with Gasteiger partial charge in [-0.1, -0.05) is 12.1 Å². The summed E-state index contributed by atoms with van der Waals surface area (Å²) in [6.07, 6.45) is 0.116. The van der Waals surface area contributed by atoms with Crippen LogP contribution in [0.25, 0.3) is 0 Å². The number of hydrogen-bond acceptors (Lipinski definition) is 4. The van der Waals surface area contributed by atoms with Crippen LogP contribution in [0.15, 0.2) is 24.3 Å². The van der Waals surface area contributed by atoms with Gasteiger partial charge in [-0.25, -0.2) is 8.42 Å². The first-order valence-electron chi connectivity index (χ1n) is 4.42. The lowest BCUT2D eigenvalue weighted by molar-refractivity contribution is 0.202. The highest BCUT2D eigenvalue weighted by molar-refractivity contribution is 7.90. The first-order valence-corrected chi connectivity index (χ1v) is 6.48. The third-order valence-corrected chi connectivity index (χ3v) is 2.88. The van der Waals surface area contributed by atoms with Gasteiger partial charge in [0.2, 0.25) is 0 Å². The van der Waals surface area contributed by atoms with E-state index in [1.807, 2.05) is 0 Å². The molecule has 1 aromatic rings. The Labute approximate surface area is 89.4 Å². The molecule has 5 heteroatoms. The third kappa shape index (κ3) is 3.89. The Hall–Kier alpha value is -1.07. The van der Waals surface area contributed by atoms with E-state index in [1.165, 1.54) is 0 Å². The second-order valence-electron chi connectivity index (χ2n) is 3.38. The predicted octanol–water partition coefficient (Wildman–Crippen LogP) is 0.773. The number of sulfone groups is 1. The highest BCUT2D eigenvalue weighted by Gasteiger charge is 2.14. The Morgan fingerprint density at radius 3 is 2.27 bits per heavy atom. The van der Waals surface area contributed by atoms with Crippen molar-refractivity contribution in [3.63, 3.8) is 0 Å². The zero-order valence-electron chi connectivity index (χ0n) is 8.67. The zero-order chi connectivity index (χ0) is 11.5. The standard InChI is InChI=1S/C10H14O4S/c1-14-9-5-3-8(4-6-9)10(11)7-15(2,12)13/h3-6,10-11H,7H2,1-2H3/t10-/m0/s1. The number of rotatable bonds is 4. The molecule has 0 saturated heterocycles. The predicted molar refractivity (Wildman–Crippen MR) is 57.7 cm³/mol. The van der Waals surface area contributed by atoms with Gasteiger partial charge in [0.25, 0.3) is 0 Å². The summed E-state index contributed by atoms with van der Waals surface area (Å²) in [4.78, 5) is 0. The monoisotopic (exact) mass is 230 g/mol. The van der Waals surface area contributed by atoms with E-state index >= 15 is 0 Å². The molecule has 0 aliphatic heterocycles. The molecule has 84 valence electrons. The van der Waals surface area contributed by atoms with Gasteiger partial charge in [-0.3, -0.25) is 0 Å². The van der Waals surface area contributed by atoms with Gasteiger partial charge >= 0.3 is 0 Å². The van der Waals surface area contributed by atoms with Crippen LogP contribution in [0.1, 0.15) is 11.7 Å². The van der Waals surface area contributed by atoms with Gasteiger partial charge in [0.1, 0.15) is 15.6 Å². The summed E-state index contributed by atoms with van der Waals surface area (Å²) < 4.78 is 26.9. The van der Waals surface area contributed by atoms with Crippen molar-refractivity contribution in [2.24, 2.45) is 0 Å². The molecule has 0 aliphatic rings. The molecule has 15 heavy (non-hydrogen) atoms. The lowest BCUT2D eigenvalue weighted by Gasteiger charge is -2.09.